The highest BCUT2D eigenvalue weighted by molar-refractivity contribution is 5.36. The zero-order chi connectivity index (χ0) is 14.7. The Bertz CT molecular complexity index is 589. The van der Waals surface area contributed by atoms with Crippen LogP contribution in [0.3, 0.4) is 0 Å². The van der Waals surface area contributed by atoms with E-state index in [-0.39, 0.29) is 6.04 Å². The zero-order valence-electron chi connectivity index (χ0n) is 12.9. The lowest BCUT2D eigenvalue weighted by atomic mass is 10.1. The molecule has 0 spiro atoms. The number of aromatic nitrogens is 2. The van der Waals surface area contributed by atoms with E-state index < -0.39 is 0 Å². The Kier molecular flexibility index (Phi) is 4.45. The van der Waals surface area contributed by atoms with Crippen LogP contribution < -0.4 is 10.1 Å². The molecule has 20 heavy (non-hydrogen) atoms. The number of hydrogen-bond acceptors (Lipinski definition) is 3. The van der Waals surface area contributed by atoms with Gasteiger partial charge in [0.25, 0.3) is 0 Å². The molecule has 4 nitrogen and oxygen atoms in total. The van der Waals surface area contributed by atoms with Crippen molar-refractivity contribution in [2.24, 2.45) is 7.05 Å². The predicted molar refractivity (Wildman–Crippen MR) is 80.9 cm³/mol. The third-order valence-electron chi connectivity index (χ3n) is 3.81. The summed E-state index contributed by atoms with van der Waals surface area (Å²) in [5, 5.41) is 7.83. The molecule has 1 N–H and O–H groups in total. The summed E-state index contributed by atoms with van der Waals surface area (Å²) in [6, 6.07) is 6.56. The molecule has 0 bridgehead atoms. The van der Waals surface area contributed by atoms with Crippen molar-refractivity contribution in [3.63, 3.8) is 0 Å². The quantitative estimate of drug-likeness (QED) is 0.910. The number of methoxy groups -OCH3 is 1. The van der Waals surface area contributed by atoms with Gasteiger partial charge in [0.15, 0.2) is 0 Å². The third-order valence-corrected chi connectivity index (χ3v) is 3.81. The number of aryl methyl sites for hydroxylation is 2. The van der Waals surface area contributed by atoms with Gasteiger partial charge in [0.1, 0.15) is 5.75 Å². The van der Waals surface area contributed by atoms with Crippen LogP contribution >= 0.6 is 0 Å². The largest absolute Gasteiger partial charge is 0.496 e. The van der Waals surface area contributed by atoms with Crippen LogP contribution in [-0.2, 0) is 13.6 Å². The molecule has 1 aromatic carbocycles. The summed E-state index contributed by atoms with van der Waals surface area (Å²) in [6.07, 6.45) is 1.94. The summed E-state index contributed by atoms with van der Waals surface area (Å²) in [7, 11) is 3.67. The lowest BCUT2D eigenvalue weighted by Crippen LogP contribution is -2.18. The first-order chi connectivity index (χ1) is 9.52. The second-order valence-electron chi connectivity index (χ2n) is 5.22. The van der Waals surface area contributed by atoms with Crippen LogP contribution in [-0.4, -0.2) is 16.9 Å². The molecule has 0 aliphatic rings. The molecule has 1 atom stereocenters. The van der Waals surface area contributed by atoms with E-state index in [2.05, 4.69) is 43.3 Å². The first-order valence-corrected chi connectivity index (χ1v) is 6.88. The van der Waals surface area contributed by atoms with Crippen LogP contribution in [0.15, 0.2) is 24.4 Å². The highest BCUT2D eigenvalue weighted by atomic mass is 16.5. The molecule has 0 aliphatic carbocycles. The van der Waals surface area contributed by atoms with Crippen molar-refractivity contribution in [1.82, 2.24) is 15.1 Å². The second-order valence-corrected chi connectivity index (χ2v) is 5.22. The van der Waals surface area contributed by atoms with Crippen LogP contribution in [0.4, 0.5) is 0 Å². The van der Waals surface area contributed by atoms with Gasteiger partial charge in [0, 0.05) is 30.9 Å². The summed E-state index contributed by atoms with van der Waals surface area (Å²) >= 11 is 0. The van der Waals surface area contributed by atoms with Crippen LogP contribution in [0.25, 0.3) is 0 Å². The van der Waals surface area contributed by atoms with E-state index in [0.29, 0.717) is 0 Å². The van der Waals surface area contributed by atoms with Crippen molar-refractivity contribution in [2.75, 3.05) is 7.11 Å². The van der Waals surface area contributed by atoms with Gasteiger partial charge >= 0.3 is 0 Å². The molecule has 108 valence electrons. The Morgan fingerprint density at radius 1 is 1.35 bits per heavy atom. The van der Waals surface area contributed by atoms with E-state index in [0.717, 1.165) is 17.9 Å². The third kappa shape index (κ3) is 3.02. The average Bonchev–Trinajstić information content (AvgIpc) is 2.76. The van der Waals surface area contributed by atoms with Crippen molar-refractivity contribution < 1.29 is 4.74 Å². The molecular formula is C16H23N3O. The van der Waals surface area contributed by atoms with Gasteiger partial charge < -0.3 is 10.1 Å². The summed E-state index contributed by atoms with van der Waals surface area (Å²) in [5.74, 6) is 0.935. The second kappa shape index (κ2) is 6.09. The fourth-order valence-corrected chi connectivity index (χ4v) is 2.37. The van der Waals surface area contributed by atoms with Gasteiger partial charge in [-0.3, -0.25) is 4.68 Å². The van der Waals surface area contributed by atoms with Crippen LogP contribution in [0.2, 0.25) is 0 Å². The Labute approximate surface area is 120 Å². The van der Waals surface area contributed by atoms with Crippen molar-refractivity contribution in [2.45, 2.75) is 33.4 Å². The van der Waals surface area contributed by atoms with E-state index in [1.807, 2.05) is 24.0 Å². The molecule has 0 aliphatic heterocycles. The standard InChI is InChI=1S/C16H23N3O/c1-11-8-14(6-7-16(11)20-5)9-17-12(2)15-10-18-19(4)13(15)3/h6-8,10,12,17H,9H2,1-5H3. The van der Waals surface area contributed by atoms with E-state index in [9.17, 15) is 0 Å². The molecular weight excluding hydrogens is 250 g/mol. The molecule has 0 amide bonds. The lowest BCUT2D eigenvalue weighted by Gasteiger charge is -2.14. The maximum atomic E-state index is 5.28. The molecule has 1 unspecified atom stereocenters. The summed E-state index contributed by atoms with van der Waals surface area (Å²) in [4.78, 5) is 0. The number of hydrogen-bond donors (Lipinski definition) is 1. The summed E-state index contributed by atoms with van der Waals surface area (Å²) < 4.78 is 7.19. The van der Waals surface area contributed by atoms with Crippen LogP contribution in [0.5, 0.6) is 5.75 Å². The summed E-state index contributed by atoms with van der Waals surface area (Å²) in [5.41, 5.74) is 4.88. The highest BCUT2D eigenvalue weighted by Gasteiger charge is 2.11. The maximum Gasteiger partial charge on any atom is 0.121 e. The Balaban J connectivity index is 2.01. The molecule has 2 aromatic rings. The van der Waals surface area contributed by atoms with Gasteiger partial charge in [-0.25, -0.2) is 0 Å². The molecule has 0 saturated carbocycles. The molecule has 4 heteroatoms. The maximum absolute atomic E-state index is 5.28. The number of ether oxygens (including phenoxy) is 1. The Hall–Kier alpha value is -1.81. The van der Waals surface area contributed by atoms with E-state index in [4.69, 9.17) is 4.74 Å². The topological polar surface area (TPSA) is 39.1 Å². The Morgan fingerprint density at radius 2 is 2.10 bits per heavy atom. The number of benzene rings is 1. The first-order valence-electron chi connectivity index (χ1n) is 6.88. The molecule has 0 fully saturated rings. The molecule has 1 heterocycles. The number of nitrogens with zero attached hydrogens (tertiary/aromatic N) is 2. The normalized spacial score (nSPS) is 12.4. The Morgan fingerprint density at radius 3 is 2.65 bits per heavy atom. The SMILES string of the molecule is COc1ccc(CNC(C)c2cnn(C)c2C)cc1C. The van der Waals surface area contributed by atoms with Crippen molar-refractivity contribution in [3.05, 3.63) is 46.8 Å². The van der Waals surface area contributed by atoms with Gasteiger partial charge in [0.05, 0.1) is 13.3 Å². The number of rotatable bonds is 5. The fourth-order valence-electron chi connectivity index (χ4n) is 2.37. The lowest BCUT2D eigenvalue weighted by molar-refractivity contribution is 0.411. The fraction of sp³-hybridized carbons (Fsp3) is 0.438. The molecule has 2 rings (SSSR count). The zero-order valence-corrected chi connectivity index (χ0v) is 12.9. The van der Waals surface area contributed by atoms with Gasteiger partial charge in [-0.2, -0.15) is 5.10 Å². The molecule has 0 saturated heterocycles. The monoisotopic (exact) mass is 273 g/mol. The van der Waals surface area contributed by atoms with Gasteiger partial charge in [0.2, 0.25) is 0 Å². The first kappa shape index (κ1) is 14.6. The van der Waals surface area contributed by atoms with Gasteiger partial charge in [-0.05, 0) is 38.0 Å². The van der Waals surface area contributed by atoms with Gasteiger partial charge in [-0.15, -0.1) is 0 Å². The predicted octanol–water partition coefficient (Wildman–Crippen LogP) is 2.90. The minimum absolute atomic E-state index is 0.283. The van der Waals surface area contributed by atoms with E-state index >= 15 is 0 Å². The molecule has 0 radical (unpaired) electrons. The van der Waals surface area contributed by atoms with E-state index in [1.54, 1.807) is 7.11 Å². The van der Waals surface area contributed by atoms with E-state index in [1.165, 1.54) is 16.8 Å². The van der Waals surface area contributed by atoms with Crippen LogP contribution in [0, 0.1) is 13.8 Å². The molecule has 1 aromatic heterocycles. The van der Waals surface area contributed by atoms with Crippen molar-refractivity contribution in [1.29, 1.82) is 0 Å². The minimum Gasteiger partial charge on any atom is -0.496 e. The number of nitrogens with one attached hydrogen (secondary N) is 1. The highest BCUT2D eigenvalue weighted by Crippen LogP contribution is 2.20. The van der Waals surface area contributed by atoms with Crippen LogP contribution in [0.1, 0.15) is 35.3 Å². The minimum atomic E-state index is 0.283. The summed E-state index contributed by atoms with van der Waals surface area (Å²) in [6.45, 7) is 7.16. The van der Waals surface area contributed by atoms with Crippen molar-refractivity contribution in [3.8, 4) is 5.75 Å². The van der Waals surface area contributed by atoms with Crippen molar-refractivity contribution >= 4 is 0 Å². The average molecular weight is 273 g/mol. The van der Waals surface area contributed by atoms with Gasteiger partial charge in [-0.1, -0.05) is 12.1 Å². The smallest absolute Gasteiger partial charge is 0.121 e.